The Morgan fingerprint density at radius 3 is 2.56 bits per heavy atom. The number of hydrogen-bond donors (Lipinski definition) is 2. The van der Waals surface area contributed by atoms with Gasteiger partial charge in [0.1, 0.15) is 0 Å². The van der Waals surface area contributed by atoms with E-state index in [1.807, 2.05) is 67.5 Å². The SMILES string of the molecule is Cc1[nH]c2ccccc2c1C(=O)C(=O)NCC#Cc1ccccc1N(C)C. The quantitative estimate of drug-likeness (QED) is 0.428. The molecule has 3 aromatic rings. The molecule has 1 heterocycles. The monoisotopic (exact) mass is 359 g/mol. The third-order valence-corrected chi connectivity index (χ3v) is 4.27. The molecule has 1 aromatic heterocycles. The van der Waals surface area contributed by atoms with Crippen LogP contribution in [0.15, 0.2) is 48.5 Å². The first kappa shape index (κ1) is 18.3. The Kier molecular flexibility index (Phi) is 5.28. The molecule has 136 valence electrons. The van der Waals surface area contributed by atoms with Crippen molar-refractivity contribution in [3.8, 4) is 11.8 Å². The van der Waals surface area contributed by atoms with Crippen LogP contribution in [0, 0.1) is 18.8 Å². The minimum absolute atomic E-state index is 0.105. The van der Waals surface area contributed by atoms with Crippen molar-refractivity contribution in [3.05, 3.63) is 65.4 Å². The molecular formula is C22H21N3O2. The lowest BCUT2D eigenvalue weighted by Crippen LogP contribution is -2.31. The molecule has 0 radical (unpaired) electrons. The van der Waals surface area contributed by atoms with Gasteiger partial charge < -0.3 is 15.2 Å². The van der Waals surface area contributed by atoms with E-state index in [4.69, 9.17) is 0 Å². The summed E-state index contributed by atoms with van der Waals surface area (Å²) >= 11 is 0. The summed E-state index contributed by atoms with van der Waals surface area (Å²) in [5, 5.41) is 3.34. The Labute approximate surface area is 158 Å². The van der Waals surface area contributed by atoms with Crippen LogP contribution in [0.3, 0.4) is 0 Å². The highest BCUT2D eigenvalue weighted by atomic mass is 16.2. The van der Waals surface area contributed by atoms with E-state index in [0.29, 0.717) is 11.3 Å². The molecule has 0 spiro atoms. The second-order valence-corrected chi connectivity index (χ2v) is 6.40. The van der Waals surface area contributed by atoms with Crippen molar-refractivity contribution in [3.63, 3.8) is 0 Å². The molecular weight excluding hydrogens is 338 g/mol. The standard InChI is InChI=1S/C22H21N3O2/c1-15-20(17-11-5-6-12-18(17)24-15)21(26)22(27)23-14-8-10-16-9-4-7-13-19(16)25(2)3/h4-7,9,11-13,24H,14H2,1-3H3,(H,23,27). The number of carbonyl (C=O) groups is 2. The largest absolute Gasteiger partial charge is 0.377 e. The fourth-order valence-electron chi connectivity index (χ4n) is 3.00. The van der Waals surface area contributed by atoms with Crippen LogP contribution in [0.4, 0.5) is 5.69 Å². The van der Waals surface area contributed by atoms with Crippen molar-refractivity contribution in [2.45, 2.75) is 6.92 Å². The van der Waals surface area contributed by atoms with Crippen molar-refractivity contribution in [1.29, 1.82) is 0 Å². The van der Waals surface area contributed by atoms with Crippen molar-refractivity contribution in [2.24, 2.45) is 0 Å². The predicted octanol–water partition coefficient (Wildman–Crippen LogP) is 2.89. The number of H-pyrrole nitrogens is 1. The number of anilines is 1. The molecule has 5 heteroatoms. The van der Waals surface area contributed by atoms with Crippen LogP contribution in [0.25, 0.3) is 10.9 Å². The number of carbonyl (C=O) groups excluding carboxylic acids is 2. The molecule has 0 saturated carbocycles. The maximum Gasteiger partial charge on any atom is 0.293 e. The van der Waals surface area contributed by atoms with Crippen molar-refractivity contribution >= 4 is 28.3 Å². The number of para-hydroxylation sites is 2. The number of benzene rings is 2. The Hall–Kier alpha value is -3.52. The molecule has 5 nitrogen and oxygen atoms in total. The lowest BCUT2D eigenvalue weighted by molar-refractivity contribution is -0.116. The molecule has 0 aliphatic heterocycles. The van der Waals surface area contributed by atoms with Crippen LogP contribution >= 0.6 is 0 Å². The molecule has 3 rings (SSSR count). The number of aromatic amines is 1. The minimum Gasteiger partial charge on any atom is -0.377 e. The van der Waals surface area contributed by atoms with Crippen molar-refractivity contribution in [2.75, 3.05) is 25.5 Å². The highest BCUT2D eigenvalue weighted by Gasteiger charge is 2.21. The highest BCUT2D eigenvalue weighted by Crippen LogP contribution is 2.22. The van der Waals surface area contributed by atoms with Gasteiger partial charge in [-0.1, -0.05) is 42.2 Å². The average Bonchev–Trinajstić information content (AvgIpc) is 3.00. The van der Waals surface area contributed by atoms with Gasteiger partial charge in [0, 0.05) is 36.3 Å². The lowest BCUT2D eigenvalue weighted by Gasteiger charge is -2.13. The van der Waals surface area contributed by atoms with Gasteiger partial charge in [-0.2, -0.15) is 0 Å². The highest BCUT2D eigenvalue weighted by molar-refractivity contribution is 6.45. The molecule has 0 unspecified atom stereocenters. The molecule has 2 N–H and O–H groups in total. The van der Waals surface area contributed by atoms with Crippen LogP contribution in [-0.2, 0) is 4.79 Å². The predicted molar refractivity (Wildman–Crippen MR) is 108 cm³/mol. The number of nitrogens with zero attached hydrogens (tertiary/aromatic N) is 1. The minimum atomic E-state index is -0.655. The third-order valence-electron chi connectivity index (χ3n) is 4.27. The number of Topliss-reactive ketones (excluding diaryl/α,β-unsaturated/α-hetero) is 1. The average molecular weight is 359 g/mol. The summed E-state index contributed by atoms with van der Waals surface area (Å²) in [5.41, 5.74) is 3.81. The first-order valence-corrected chi connectivity index (χ1v) is 8.64. The third kappa shape index (κ3) is 3.85. The second kappa shape index (κ2) is 7.79. The molecule has 0 fully saturated rings. The van der Waals surface area contributed by atoms with Crippen molar-refractivity contribution < 1.29 is 9.59 Å². The van der Waals surface area contributed by atoms with Gasteiger partial charge in [0.25, 0.3) is 11.7 Å². The zero-order valence-corrected chi connectivity index (χ0v) is 15.6. The number of rotatable bonds is 4. The van der Waals surface area contributed by atoms with Gasteiger partial charge >= 0.3 is 0 Å². The zero-order chi connectivity index (χ0) is 19.4. The number of amides is 1. The molecule has 0 saturated heterocycles. The van der Waals surface area contributed by atoms with E-state index in [-0.39, 0.29) is 6.54 Å². The van der Waals surface area contributed by atoms with Crippen LogP contribution in [-0.4, -0.2) is 37.3 Å². The van der Waals surface area contributed by atoms with Gasteiger partial charge in [-0.05, 0) is 25.1 Å². The van der Waals surface area contributed by atoms with E-state index < -0.39 is 11.7 Å². The number of ketones is 1. The summed E-state index contributed by atoms with van der Waals surface area (Å²) in [6.07, 6.45) is 0. The van der Waals surface area contributed by atoms with Crippen LogP contribution < -0.4 is 10.2 Å². The first-order chi connectivity index (χ1) is 13.0. The fourth-order valence-corrected chi connectivity index (χ4v) is 3.00. The van der Waals surface area contributed by atoms with Gasteiger partial charge in [0.2, 0.25) is 0 Å². The molecule has 0 bridgehead atoms. The fraction of sp³-hybridized carbons (Fsp3) is 0.182. The molecule has 2 aromatic carbocycles. The molecule has 1 amide bonds. The zero-order valence-electron chi connectivity index (χ0n) is 15.6. The van der Waals surface area contributed by atoms with Crippen molar-refractivity contribution in [1.82, 2.24) is 10.3 Å². The smallest absolute Gasteiger partial charge is 0.293 e. The number of nitrogens with one attached hydrogen (secondary N) is 2. The summed E-state index contributed by atoms with van der Waals surface area (Å²) in [4.78, 5) is 29.9. The van der Waals surface area contributed by atoms with E-state index in [0.717, 1.165) is 22.2 Å². The summed E-state index contributed by atoms with van der Waals surface area (Å²) in [6.45, 7) is 1.90. The summed E-state index contributed by atoms with van der Waals surface area (Å²) in [5.74, 6) is 4.74. The van der Waals surface area contributed by atoms with Gasteiger partial charge in [-0.3, -0.25) is 9.59 Å². The number of fused-ring (bicyclic) bond motifs is 1. The summed E-state index contributed by atoms with van der Waals surface area (Å²) in [6, 6.07) is 15.2. The Balaban J connectivity index is 1.70. The van der Waals surface area contributed by atoms with E-state index in [9.17, 15) is 9.59 Å². The molecule has 0 atom stereocenters. The Morgan fingerprint density at radius 2 is 1.78 bits per heavy atom. The molecule has 0 aliphatic carbocycles. The van der Waals surface area contributed by atoms with Gasteiger partial charge in [-0.25, -0.2) is 0 Å². The van der Waals surface area contributed by atoms with Crippen LogP contribution in [0.5, 0.6) is 0 Å². The molecule has 27 heavy (non-hydrogen) atoms. The van der Waals surface area contributed by atoms with Crippen LogP contribution in [0.1, 0.15) is 21.6 Å². The topological polar surface area (TPSA) is 65.2 Å². The first-order valence-electron chi connectivity index (χ1n) is 8.64. The second-order valence-electron chi connectivity index (χ2n) is 6.40. The maximum absolute atomic E-state index is 12.6. The summed E-state index contributed by atoms with van der Waals surface area (Å²) < 4.78 is 0. The van der Waals surface area contributed by atoms with Gasteiger partial charge in [-0.15, -0.1) is 0 Å². The maximum atomic E-state index is 12.6. The number of aromatic nitrogens is 1. The Bertz CT molecular complexity index is 1070. The van der Waals surface area contributed by atoms with E-state index in [2.05, 4.69) is 22.1 Å². The van der Waals surface area contributed by atoms with E-state index >= 15 is 0 Å². The van der Waals surface area contributed by atoms with Gasteiger partial charge in [0.05, 0.1) is 17.8 Å². The lowest BCUT2D eigenvalue weighted by atomic mass is 10.1. The number of aryl methyl sites for hydroxylation is 1. The molecule has 0 aliphatic rings. The number of hydrogen-bond acceptors (Lipinski definition) is 3. The van der Waals surface area contributed by atoms with Crippen LogP contribution in [0.2, 0.25) is 0 Å². The van der Waals surface area contributed by atoms with Gasteiger partial charge in [0.15, 0.2) is 0 Å². The normalized spacial score (nSPS) is 10.2. The van der Waals surface area contributed by atoms with E-state index in [1.54, 1.807) is 6.92 Å². The summed E-state index contributed by atoms with van der Waals surface area (Å²) in [7, 11) is 3.90. The van der Waals surface area contributed by atoms with E-state index in [1.165, 1.54) is 0 Å². The Morgan fingerprint density at radius 1 is 1.07 bits per heavy atom.